The van der Waals surface area contributed by atoms with Gasteiger partial charge in [-0.1, -0.05) is 29.3 Å². The first-order valence-electron chi connectivity index (χ1n) is 5.02. The van der Waals surface area contributed by atoms with Crippen LogP contribution in [0, 0.1) is 0 Å². The number of aliphatic carboxylic acids is 1. The summed E-state index contributed by atoms with van der Waals surface area (Å²) in [6, 6.07) is 5.14. The van der Waals surface area contributed by atoms with Crippen LogP contribution in [0.5, 0.6) is 0 Å². The molecule has 0 aliphatic carbocycles. The molecule has 0 aliphatic rings. The summed E-state index contributed by atoms with van der Waals surface area (Å²) in [6.07, 6.45) is 1.65. The first-order chi connectivity index (χ1) is 8.02. The van der Waals surface area contributed by atoms with Crippen LogP contribution in [0.1, 0.15) is 5.56 Å². The lowest BCUT2D eigenvalue weighted by Crippen LogP contribution is -2.29. The predicted octanol–water partition coefficient (Wildman–Crippen LogP) is 3.07. The van der Waals surface area contributed by atoms with Crippen LogP contribution in [0.25, 0.3) is 0 Å². The largest absolute Gasteiger partial charge is 0.480 e. The van der Waals surface area contributed by atoms with Gasteiger partial charge in [-0.2, -0.15) is 0 Å². The van der Waals surface area contributed by atoms with Crippen molar-refractivity contribution in [2.75, 3.05) is 13.1 Å². The smallest absolute Gasteiger partial charge is 0.317 e. The van der Waals surface area contributed by atoms with Crippen LogP contribution in [0.3, 0.4) is 0 Å². The molecule has 0 unspecified atom stereocenters. The number of rotatable bonds is 6. The summed E-state index contributed by atoms with van der Waals surface area (Å²) in [4.78, 5) is 12.4. The van der Waals surface area contributed by atoms with Gasteiger partial charge in [0, 0.05) is 23.1 Å². The van der Waals surface area contributed by atoms with Gasteiger partial charge in [-0.3, -0.25) is 9.69 Å². The van der Waals surface area contributed by atoms with Crippen molar-refractivity contribution < 1.29 is 9.90 Å². The van der Waals surface area contributed by atoms with Gasteiger partial charge in [0.2, 0.25) is 0 Å². The van der Waals surface area contributed by atoms with Gasteiger partial charge in [-0.15, -0.1) is 6.58 Å². The van der Waals surface area contributed by atoms with E-state index >= 15 is 0 Å². The number of benzene rings is 1. The second-order valence-corrected chi connectivity index (χ2v) is 4.43. The monoisotopic (exact) mass is 273 g/mol. The van der Waals surface area contributed by atoms with E-state index in [9.17, 15) is 4.79 Å². The Morgan fingerprint density at radius 2 is 2.18 bits per heavy atom. The first kappa shape index (κ1) is 14.0. The van der Waals surface area contributed by atoms with Crippen LogP contribution in [-0.2, 0) is 11.3 Å². The Morgan fingerprint density at radius 1 is 1.47 bits per heavy atom. The number of carboxylic acids is 1. The molecule has 0 atom stereocenters. The van der Waals surface area contributed by atoms with Crippen molar-refractivity contribution in [1.29, 1.82) is 0 Å². The Balaban J connectivity index is 2.80. The molecule has 0 radical (unpaired) electrons. The van der Waals surface area contributed by atoms with E-state index in [0.717, 1.165) is 5.56 Å². The van der Waals surface area contributed by atoms with Gasteiger partial charge in [-0.05, 0) is 23.8 Å². The molecular weight excluding hydrogens is 261 g/mol. The molecule has 1 rings (SSSR count). The highest BCUT2D eigenvalue weighted by Gasteiger charge is 2.11. The van der Waals surface area contributed by atoms with Gasteiger partial charge < -0.3 is 5.11 Å². The van der Waals surface area contributed by atoms with Gasteiger partial charge in [0.05, 0.1) is 6.54 Å². The standard InChI is InChI=1S/C12H13Cl2NO2/c1-2-5-15(8-12(16)17)7-9-6-10(13)3-4-11(9)14/h2-4,6H,1,5,7-8H2,(H,16,17). The molecule has 0 amide bonds. The van der Waals surface area contributed by atoms with Crippen LogP contribution >= 0.6 is 23.2 Å². The van der Waals surface area contributed by atoms with Crippen molar-refractivity contribution >= 4 is 29.2 Å². The van der Waals surface area contributed by atoms with Crippen LogP contribution in [0.4, 0.5) is 0 Å². The number of hydrogen-bond donors (Lipinski definition) is 1. The van der Waals surface area contributed by atoms with Crippen LogP contribution < -0.4 is 0 Å². The minimum absolute atomic E-state index is 0.0607. The van der Waals surface area contributed by atoms with E-state index in [1.807, 2.05) is 0 Å². The van der Waals surface area contributed by atoms with E-state index in [1.54, 1.807) is 29.2 Å². The quantitative estimate of drug-likeness (QED) is 0.810. The molecular formula is C12H13Cl2NO2. The Hall–Kier alpha value is -1.03. The number of halogens is 2. The molecule has 0 aliphatic heterocycles. The third-order valence-corrected chi connectivity index (χ3v) is 2.75. The zero-order valence-electron chi connectivity index (χ0n) is 9.20. The third kappa shape index (κ3) is 4.77. The van der Waals surface area contributed by atoms with Crippen LogP contribution in [0.15, 0.2) is 30.9 Å². The molecule has 0 saturated carbocycles. The molecule has 0 fully saturated rings. The normalized spacial score (nSPS) is 10.5. The lowest BCUT2D eigenvalue weighted by atomic mass is 10.2. The fourth-order valence-electron chi connectivity index (χ4n) is 1.46. The minimum Gasteiger partial charge on any atom is -0.480 e. The fourth-order valence-corrected chi connectivity index (χ4v) is 1.84. The molecule has 17 heavy (non-hydrogen) atoms. The average molecular weight is 274 g/mol. The average Bonchev–Trinajstić information content (AvgIpc) is 2.23. The first-order valence-corrected chi connectivity index (χ1v) is 5.77. The van der Waals surface area contributed by atoms with Gasteiger partial charge in [0.15, 0.2) is 0 Å². The molecule has 0 bridgehead atoms. The third-order valence-electron chi connectivity index (χ3n) is 2.15. The zero-order valence-corrected chi connectivity index (χ0v) is 10.7. The number of nitrogens with zero attached hydrogens (tertiary/aromatic N) is 1. The van der Waals surface area contributed by atoms with E-state index in [2.05, 4.69) is 6.58 Å². The van der Waals surface area contributed by atoms with E-state index in [4.69, 9.17) is 28.3 Å². The van der Waals surface area contributed by atoms with Gasteiger partial charge in [-0.25, -0.2) is 0 Å². The molecule has 0 saturated heterocycles. The fraction of sp³-hybridized carbons (Fsp3) is 0.250. The Kier molecular flexibility index (Phi) is 5.48. The minimum atomic E-state index is -0.884. The summed E-state index contributed by atoms with van der Waals surface area (Å²) >= 11 is 11.9. The maximum absolute atomic E-state index is 10.7. The van der Waals surface area contributed by atoms with Crippen molar-refractivity contribution in [3.63, 3.8) is 0 Å². The van der Waals surface area contributed by atoms with E-state index in [-0.39, 0.29) is 6.54 Å². The molecule has 3 nitrogen and oxygen atoms in total. The molecule has 1 aromatic carbocycles. The summed E-state index contributed by atoms with van der Waals surface area (Å²) in [6.45, 7) is 4.44. The molecule has 0 aromatic heterocycles. The maximum atomic E-state index is 10.7. The molecule has 1 N–H and O–H groups in total. The summed E-state index contributed by atoms with van der Waals surface area (Å²) in [7, 11) is 0. The Morgan fingerprint density at radius 3 is 2.76 bits per heavy atom. The summed E-state index contributed by atoms with van der Waals surface area (Å²) in [5.74, 6) is -0.884. The molecule has 92 valence electrons. The van der Waals surface area contributed by atoms with Crippen LogP contribution in [0.2, 0.25) is 10.0 Å². The SMILES string of the molecule is C=CCN(CC(=O)O)Cc1cc(Cl)ccc1Cl. The van der Waals surface area contributed by atoms with Gasteiger partial charge in [0.25, 0.3) is 0 Å². The van der Waals surface area contributed by atoms with Crippen LogP contribution in [-0.4, -0.2) is 29.1 Å². The number of carbonyl (C=O) groups is 1. The Labute approximate surface area is 110 Å². The molecule has 0 spiro atoms. The lowest BCUT2D eigenvalue weighted by molar-refractivity contribution is -0.138. The van der Waals surface area contributed by atoms with Crippen molar-refractivity contribution in [3.05, 3.63) is 46.5 Å². The molecule has 1 aromatic rings. The van der Waals surface area contributed by atoms with Crippen molar-refractivity contribution in [1.82, 2.24) is 4.90 Å². The van der Waals surface area contributed by atoms with Crippen molar-refractivity contribution in [3.8, 4) is 0 Å². The second-order valence-electron chi connectivity index (χ2n) is 3.59. The highest BCUT2D eigenvalue weighted by atomic mass is 35.5. The summed E-state index contributed by atoms with van der Waals surface area (Å²) in [5, 5.41) is 9.94. The predicted molar refractivity (Wildman–Crippen MR) is 69.6 cm³/mol. The van der Waals surface area contributed by atoms with Gasteiger partial charge in [0.1, 0.15) is 0 Å². The molecule has 5 heteroatoms. The molecule has 0 heterocycles. The summed E-state index contributed by atoms with van der Waals surface area (Å²) < 4.78 is 0. The zero-order chi connectivity index (χ0) is 12.8. The topological polar surface area (TPSA) is 40.5 Å². The second kappa shape index (κ2) is 6.64. The van der Waals surface area contributed by atoms with E-state index in [0.29, 0.717) is 23.1 Å². The number of carboxylic acid groups (broad SMARTS) is 1. The Bertz CT molecular complexity index is 421. The maximum Gasteiger partial charge on any atom is 0.317 e. The van der Waals surface area contributed by atoms with E-state index < -0.39 is 5.97 Å². The van der Waals surface area contributed by atoms with Crippen molar-refractivity contribution in [2.24, 2.45) is 0 Å². The van der Waals surface area contributed by atoms with Crippen molar-refractivity contribution in [2.45, 2.75) is 6.54 Å². The highest BCUT2D eigenvalue weighted by molar-refractivity contribution is 6.33. The van der Waals surface area contributed by atoms with Gasteiger partial charge >= 0.3 is 5.97 Å². The number of hydrogen-bond acceptors (Lipinski definition) is 2. The lowest BCUT2D eigenvalue weighted by Gasteiger charge is -2.19. The van der Waals surface area contributed by atoms with E-state index in [1.165, 1.54) is 0 Å². The highest BCUT2D eigenvalue weighted by Crippen LogP contribution is 2.21. The summed E-state index contributed by atoms with van der Waals surface area (Å²) in [5.41, 5.74) is 0.808.